The molecule has 0 spiro atoms. The van der Waals surface area contributed by atoms with Gasteiger partial charge in [-0.1, -0.05) is 0 Å². The Hall–Kier alpha value is -2.41. The Morgan fingerprint density at radius 3 is 2.69 bits per heavy atom. The van der Waals surface area contributed by atoms with Gasteiger partial charge >= 0.3 is 0 Å². The number of hydrogen-bond acceptors (Lipinski definition) is 5. The first-order valence-electron chi connectivity index (χ1n) is 9.23. The quantitative estimate of drug-likeness (QED) is 0.810. The number of benzene rings is 1. The molecule has 1 unspecified atom stereocenters. The van der Waals surface area contributed by atoms with E-state index in [0.717, 1.165) is 48.2 Å². The minimum Gasteiger partial charge on any atom is -0.396 e. The molecule has 2 fully saturated rings. The second-order valence-corrected chi connectivity index (χ2v) is 7.33. The number of nitrogens with zero attached hydrogens (tertiary/aromatic N) is 3. The number of amides is 2. The number of rotatable bonds is 3. The number of fused-ring (bicyclic) bond motifs is 1. The normalized spacial score (nSPS) is 22.1. The fraction of sp³-hybridized carbons (Fsp3) is 0.526. The van der Waals surface area contributed by atoms with E-state index < -0.39 is 0 Å². The average Bonchev–Trinajstić information content (AvgIpc) is 2.98. The Morgan fingerprint density at radius 1 is 1.23 bits per heavy atom. The third-order valence-electron chi connectivity index (χ3n) is 5.67. The summed E-state index contributed by atoms with van der Waals surface area (Å²) in [6, 6.07) is 6.24. The smallest absolute Gasteiger partial charge is 0.235 e. The first-order valence-corrected chi connectivity index (χ1v) is 9.23. The van der Waals surface area contributed by atoms with Crippen molar-refractivity contribution >= 4 is 28.4 Å². The molecule has 1 atom stereocenters. The van der Waals surface area contributed by atoms with E-state index >= 15 is 0 Å². The van der Waals surface area contributed by atoms with Crippen LogP contribution < -0.4 is 10.2 Å². The van der Waals surface area contributed by atoms with Crippen molar-refractivity contribution in [2.75, 3.05) is 24.6 Å². The first-order chi connectivity index (χ1) is 12.6. The van der Waals surface area contributed by atoms with Gasteiger partial charge in [-0.05, 0) is 43.4 Å². The van der Waals surface area contributed by atoms with Gasteiger partial charge in [-0.3, -0.25) is 19.6 Å². The summed E-state index contributed by atoms with van der Waals surface area (Å²) >= 11 is 0. The zero-order valence-electron chi connectivity index (χ0n) is 14.9. The van der Waals surface area contributed by atoms with Crippen LogP contribution in [0, 0.1) is 5.92 Å². The maximum atomic E-state index is 12.2. The summed E-state index contributed by atoms with van der Waals surface area (Å²) in [5.74, 6) is -0.426. The van der Waals surface area contributed by atoms with Gasteiger partial charge in [0.1, 0.15) is 0 Å². The molecule has 0 bridgehead atoms. The monoisotopic (exact) mass is 356 g/mol. The molecule has 2 aliphatic rings. The zero-order chi connectivity index (χ0) is 18.3. The third kappa shape index (κ3) is 2.96. The summed E-state index contributed by atoms with van der Waals surface area (Å²) in [7, 11) is 1.89. The molecule has 138 valence electrons. The van der Waals surface area contributed by atoms with Crippen LogP contribution in [0.2, 0.25) is 0 Å². The number of anilines is 1. The van der Waals surface area contributed by atoms with Crippen LogP contribution in [0.25, 0.3) is 10.9 Å². The fourth-order valence-electron chi connectivity index (χ4n) is 4.06. The van der Waals surface area contributed by atoms with Gasteiger partial charge in [0.2, 0.25) is 11.8 Å². The summed E-state index contributed by atoms with van der Waals surface area (Å²) in [5.41, 5.74) is 2.89. The highest BCUT2D eigenvalue weighted by atomic mass is 16.3. The highest BCUT2D eigenvalue weighted by Gasteiger charge is 2.31. The van der Waals surface area contributed by atoms with Crippen molar-refractivity contribution in [2.45, 2.75) is 31.6 Å². The molecule has 2 amide bonds. The molecule has 2 saturated heterocycles. The van der Waals surface area contributed by atoms with Crippen LogP contribution in [-0.2, 0) is 16.6 Å². The number of nitrogens with one attached hydrogen (secondary N) is 1. The molecule has 26 heavy (non-hydrogen) atoms. The van der Waals surface area contributed by atoms with Gasteiger partial charge in [0.25, 0.3) is 0 Å². The van der Waals surface area contributed by atoms with Crippen LogP contribution in [0.4, 0.5) is 5.69 Å². The lowest BCUT2D eigenvalue weighted by molar-refractivity contribution is -0.134. The van der Waals surface area contributed by atoms with E-state index in [2.05, 4.69) is 27.4 Å². The second-order valence-electron chi connectivity index (χ2n) is 7.33. The maximum Gasteiger partial charge on any atom is 0.235 e. The van der Waals surface area contributed by atoms with Crippen LogP contribution >= 0.6 is 0 Å². The average molecular weight is 356 g/mol. The van der Waals surface area contributed by atoms with Crippen molar-refractivity contribution in [1.29, 1.82) is 0 Å². The van der Waals surface area contributed by atoms with Crippen LogP contribution in [0.5, 0.6) is 0 Å². The van der Waals surface area contributed by atoms with Crippen molar-refractivity contribution in [1.82, 2.24) is 15.1 Å². The number of hydrogen-bond donors (Lipinski definition) is 2. The second kappa shape index (κ2) is 6.72. The molecular weight excluding hydrogens is 332 g/mol. The molecule has 1 aromatic carbocycles. The minimum atomic E-state index is -0.373. The van der Waals surface area contributed by atoms with E-state index in [-0.39, 0.29) is 24.3 Å². The van der Waals surface area contributed by atoms with Crippen molar-refractivity contribution in [3.63, 3.8) is 0 Å². The first kappa shape index (κ1) is 17.0. The SMILES string of the molecule is Cn1nc(C2CCC(=O)NC2=O)c2ccc(N3CCC(CO)CC3)cc21. The predicted molar refractivity (Wildman–Crippen MR) is 97.9 cm³/mol. The molecule has 2 aromatic rings. The summed E-state index contributed by atoms with van der Waals surface area (Å²) in [6.45, 7) is 2.15. The van der Waals surface area contributed by atoms with Gasteiger partial charge in [0.05, 0.1) is 17.1 Å². The fourth-order valence-corrected chi connectivity index (χ4v) is 4.06. The number of carbonyl (C=O) groups is 2. The van der Waals surface area contributed by atoms with Crippen molar-refractivity contribution < 1.29 is 14.7 Å². The lowest BCUT2D eigenvalue weighted by Gasteiger charge is -2.33. The van der Waals surface area contributed by atoms with Gasteiger partial charge < -0.3 is 10.0 Å². The Bertz CT molecular complexity index is 852. The number of carbonyl (C=O) groups excluding carboxylic acids is 2. The standard InChI is InChI=1S/C19H24N4O3/c1-22-16-10-13(23-8-6-12(11-24)7-9-23)2-3-14(16)18(21-22)15-4-5-17(25)20-19(15)26/h2-3,10,12,15,24H,4-9,11H2,1H3,(H,20,25,26). The molecule has 0 aliphatic carbocycles. The Balaban J connectivity index is 1.63. The van der Waals surface area contributed by atoms with Crippen LogP contribution in [0.15, 0.2) is 18.2 Å². The topological polar surface area (TPSA) is 87.5 Å². The number of aliphatic hydroxyl groups excluding tert-OH is 1. The highest BCUT2D eigenvalue weighted by Crippen LogP contribution is 2.33. The predicted octanol–water partition coefficient (Wildman–Crippen LogP) is 1.30. The molecular formula is C19H24N4O3. The number of aliphatic hydroxyl groups is 1. The molecule has 4 rings (SSSR count). The number of aromatic nitrogens is 2. The molecule has 1 aromatic heterocycles. The van der Waals surface area contributed by atoms with E-state index in [9.17, 15) is 14.7 Å². The van der Waals surface area contributed by atoms with E-state index in [0.29, 0.717) is 18.8 Å². The van der Waals surface area contributed by atoms with E-state index in [1.807, 2.05) is 17.8 Å². The van der Waals surface area contributed by atoms with Crippen molar-refractivity contribution in [3.05, 3.63) is 23.9 Å². The molecule has 0 saturated carbocycles. The molecule has 2 N–H and O–H groups in total. The van der Waals surface area contributed by atoms with E-state index in [4.69, 9.17) is 0 Å². The summed E-state index contributed by atoms with van der Waals surface area (Å²) < 4.78 is 1.82. The largest absolute Gasteiger partial charge is 0.396 e. The molecule has 3 heterocycles. The van der Waals surface area contributed by atoms with Gasteiger partial charge in [-0.2, -0.15) is 5.10 Å². The summed E-state index contributed by atoms with van der Waals surface area (Å²) in [6.07, 6.45) is 2.86. The summed E-state index contributed by atoms with van der Waals surface area (Å²) in [4.78, 5) is 26.0. The van der Waals surface area contributed by atoms with E-state index in [1.165, 1.54) is 0 Å². The third-order valence-corrected chi connectivity index (χ3v) is 5.67. The van der Waals surface area contributed by atoms with Gasteiger partial charge in [0.15, 0.2) is 0 Å². The van der Waals surface area contributed by atoms with Gasteiger partial charge in [0, 0.05) is 44.2 Å². The lowest BCUT2D eigenvalue weighted by atomic mass is 9.92. The van der Waals surface area contributed by atoms with Crippen molar-refractivity contribution in [2.24, 2.45) is 13.0 Å². The Labute approximate surface area is 152 Å². The number of piperidine rings is 2. The molecule has 7 heteroatoms. The molecule has 0 radical (unpaired) electrons. The van der Waals surface area contributed by atoms with Crippen LogP contribution in [0.1, 0.15) is 37.3 Å². The number of aryl methyl sites for hydroxylation is 1. The molecule has 2 aliphatic heterocycles. The summed E-state index contributed by atoms with van der Waals surface area (Å²) in [5, 5.41) is 17.3. The van der Waals surface area contributed by atoms with Gasteiger partial charge in [-0.25, -0.2) is 0 Å². The van der Waals surface area contributed by atoms with Gasteiger partial charge in [-0.15, -0.1) is 0 Å². The Kier molecular flexibility index (Phi) is 4.40. The zero-order valence-corrected chi connectivity index (χ0v) is 14.9. The van der Waals surface area contributed by atoms with Crippen molar-refractivity contribution in [3.8, 4) is 0 Å². The van der Waals surface area contributed by atoms with Crippen LogP contribution in [-0.4, -0.2) is 46.4 Å². The number of imide groups is 1. The van der Waals surface area contributed by atoms with E-state index in [1.54, 1.807) is 0 Å². The Morgan fingerprint density at radius 2 is 2.00 bits per heavy atom. The maximum absolute atomic E-state index is 12.2. The minimum absolute atomic E-state index is 0.208. The highest BCUT2D eigenvalue weighted by molar-refractivity contribution is 6.02. The van der Waals surface area contributed by atoms with Crippen LogP contribution in [0.3, 0.4) is 0 Å². The molecule has 7 nitrogen and oxygen atoms in total. The lowest BCUT2D eigenvalue weighted by Crippen LogP contribution is -2.39.